The molecule has 0 aliphatic carbocycles. The van der Waals surface area contributed by atoms with Crippen molar-refractivity contribution < 1.29 is 14.4 Å². The minimum Gasteiger partial charge on any atom is -0.448 e. The Hall–Kier alpha value is -1.13. The number of carbonyl (C=O) groups is 1. The van der Waals surface area contributed by atoms with Crippen LogP contribution < -0.4 is 4.84 Å². The lowest BCUT2D eigenvalue weighted by atomic mass is 10.1. The van der Waals surface area contributed by atoms with Crippen LogP contribution in [0.2, 0.25) is 10.0 Å². The molecule has 0 spiro atoms. The molecule has 154 valence electrons. The molecule has 0 bridgehead atoms. The molecule has 0 unspecified atom stereocenters. The summed E-state index contributed by atoms with van der Waals surface area (Å²) >= 11 is 11.9. The van der Waals surface area contributed by atoms with E-state index in [1.165, 1.54) is 56.4 Å². The van der Waals surface area contributed by atoms with Gasteiger partial charge in [0.25, 0.3) is 0 Å². The zero-order valence-corrected chi connectivity index (χ0v) is 18.2. The van der Waals surface area contributed by atoms with Crippen LogP contribution in [-0.4, -0.2) is 24.3 Å². The second kappa shape index (κ2) is 14.9. The Morgan fingerprint density at radius 1 is 0.889 bits per heavy atom. The summed E-state index contributed by atoms with van der Waals surface area (Å²) in [5, 5.41) is 2.09. The van der Waals surface area contributed by atoms with E-state index in [2.05, 4.69) is 6.92 Å². The fourth-order valence-corrected chi connectivity index (χ4v) is 3.06. The minimum atomic E-state index is -0.487. The van der Waals surface area contributed by atoms with Crippen molar-refractivity contribution in [2.45, 2.75) is 78.1 Å². The maximum Gasteiger partial charge on any atom is 0.443 e. The van der Waals surface area contributed by atoms with E-state index in [0.29, 0.717) is 28.9 Å². The highest BCUT2D eigenvalue weighted by molar-refractivity contribution is 6.42. The Balaban J connectivity index is 2.31. The molecule has 0 atom stereocenters. The number of rotatable bonds is 14. The molecule has 1 rings (SSSR count). The first-order valence-electron chi connectivity index (χ1n) is 10.2. The molecule has 1 aromatic carbocycles. The van der Waals surface area contributed by atoms with E-state index >= 15 is 0 Å². The Labute approximate surface area is 174 Å². The van der Waals surface area contributed by atoms with Crippen LogP contribution in [-0.2, 0) is 4.74 Å². The van der Waals surface area contributed by atoms with Gasteiger partial charge in [-0.2, -0.15) is 0 Å². The van der Waals surface area contributed by atoms with E-state index in [4.69, 9.17) is 32.8 Å². The van der Waals surface area contributed by atoms with Gasteiger partial charge in [0.05, 0.1) is 23.2 Å². The molecule has 0 radical (unpaired) electrons. The molecule has 0 saturated heterocycles. The standard InChI is InChI=1S/C21H33Cl2NO3/c1-3-5-6-7-8-9-10-11-12-13-16-24(21(25)26-4-2)27-18-14-15-19(22)20(23)17-18/h14-15,17H,3-13,16H2,1-2H3. The second-order valence-corrected chi connectivity index (χ2v) is 7.46. The van der Waals surface area contributed by atoms with E-state index < -0.39 is 6.09 Å². The summed E-state index contributed by atoms with van der Waals surface area (Å²) in [6.45, 7) is 4.80. The lowest BCUT2D eigenvalue weighted by Gasteiger charge is -2.21. The zero-order chi connectivity index (χ0) is 19.9. The van der Waals surface area contributed by atoms with Crippen molar-refractivity contribution in [3.63, 3.8) is 0 Å². The van der Waals surface area contributed by atoms with E-state index in [1.807, 2.05) is 0 Å². The lowest BCUT2D eigenvalue weighted by Crippen LogP contribution is -2.35. The maximum atomic E-state index is 12.1. The Bertz CT molecular complexity index is 540. The van der Waals surface area contributed by atoms with Crippen molar-refractivity contribution in [3.8, 4) is 5.75 Å². The summed E-state index contributed by atoms with van der Waals surface area (Å²) in [5.41, 5.74) is 0. The van der Waals surface area contributed by atoms with Crippen LogP contribution in [0.15, 0.2) is 18.2 Å². The molecule has 0 saturated carbocycles. The van der Waals surface area contributed by atoms with Gasteiger partial charge in [0.15, 0.2) is 5.75 Å². The highest BCUT2D eigenvalue weighted by atomic mass is 35.5. The molecule has 1 amide bonds. The van der Waals surface area contributed by atoms with E-state index in [1.54, 1.807) is 25.1 Å². The number of amides is 1. The number of carbonyl (C=O) groups excluding carboxylic acids is 1. The monoisotopic (exact) mass is 417 g/mol. The van der Waals surface area contributed by atoms with Gasteiger partial charge in [0, 0.05) is 6.07 Å². The molecule has 1 aromatic rings. The number of hydroxylamine groups is 2. The molecule has 4 nitrogen and oxygen atoms in total. The SMILES string of the molecule is CCCCCCCCCCCCN(Oc1ccc(Cl)c(Cl)c1)C(=O)OCC. The second-order valence-electron chi connectivity index (χ2n) is 6.65. The maximum absolute atomic E-state index is 12.1. The van der Waals surface area contributed by atoms with Crippen LogP contribution >= 0.6 is 23.2 Å². The van der Waals surface area contributed by atoms with Crippen LogP contribution in [0, 0.1) is 0 Å². The molecule has 0 fully saturated rings. The van der Waals surface area contributed by atoms with Crippen molar-refractivity contribution in [1.29, 1.82) is 0 Å². The molecular formula is C21H33Cl2NO3. The van der Waals surface area contributed by atoms with Crippen LogP contribution in [0.3, 0.4) is 0 Å². The Morgan fingerprint density at radius 2 is 1.48 bits per heavy atom. The van der Waals surface area contributed by atoms with Gasteiger partial charge < -0.3 is 9.57 Å². The third-order valence-corrected chi connectivity index (χ3v) is 5.03. The summed E-state index contributed by atoms with van der Waals surface area (Å²) in [6.07, 6.45) is 11.9. The number of benzene rings is 1. The van der Waals surface area contributed by atoms with Crippen molar-refractivity contribution in [2.24, 2.45) is 0 Å². The van der Waals surface area contributed by atoms with Crippen LogP contribution in [0.25, 0.3) is 0 Å². The average Bonchev–Trinajstić information content (AvgIpc) is 2.65. The fourth-order valence-electron chi connectivity index (χ4n) is 2.77. The molecule has 27 heavy (non-hydrogen) atoms. The summed E-state index contributed by atoms with van der Waals surface area (Å²) in [5.74, 6) is 0.463. The molecular weight excluding hydrogens is 385 g/mol. The molecule has 0 aromatic heterocycles. The van der Waals surface area contributed by atoms with E-state index in [0.717, 1.165) is 12.8 Å². The van der Waals surface area contributed by atoms with Crippen molar-refractivity contribution >= 4 is 29.3 Å². The van der Waals surface area contributed by atoms with E-state index in [-0.39, 0.29) is 0 Å². The number of halogens is 2. The Morgan fingerprint density at radius 3 is 2.04 bits per heavy atom. The summed E-state index contributed by atoms with van der Waals surface area (Å²) in [7, 11) is 0. The lowest BCUT2D eigenvalue weighted by molar-refractivity contribution is -0.0479. The van der Waals surface area contributed by atoms with Crippen LogP contribution in [0.5, 0.6) is 5.75 Å². The smallest absolute Gasteiger partial charge is 0.443 e. The number of hydrogen-bond donors (Lipinski definition) is 0. The Kier molecular flexibility index (Phi) is 13.2. The van der Waals surface area contributed by atoms with Crippen LogP contribution in [0.4, 0.5) is 4.79 Å². The average molecular weight is 418 g/mol. The first-order valence-corrected chi connectivity index (χ1v) is 10.9. The predicted molar refractivity (Wildman–Crippen MR) is 113 cm³/mol. The van der Waals surface area contributed by atoms with Gasteiger partial charge in [-0.05, 0) is 25.5 Å². The quantitative estimate of drug-likeness (QED) is 0.230. The third kappa shape index (κ3) is 10.7. The van der Waals surface area contributed by atoms with Crippen molar-refractivity contribution in [2.75, 3.05) is 13.2 Å². The number of hydrogen-bond acceptors (Lipinski definition) is 3. The summed E-state index contributed by atoms with van der Waals surface area (Å²) in [4.78, 5) is 17.8. The fraction of sp³-hybridized carbons (Fsp3) is 0.667. The summed E-state index contributed by atoms with van der Waals surface area (Å²) in [6, 6.07) is 4.91. The van der Waals surface area contributed by atoms with Crippen molar-refractivity contribution in [3.05, 3.63) is 28.2 Å². The van der Waals surface area contributed by atoms with Gasteiger partial charge in [0.2, 0.25) is 0 Å². The third-order valence-electron chi connectivity index (χ3n) is 4.29. The van der Waals surface area contributed by atoms with Gasteiger partial charge in [0.1, 0.15) is 0 Å². The van der Waals surface area contributed by atoms with Gasteiger partial charge in [-0.1, -0.05) is 87.9 Å². The first-order chi connectivity index (χ1) is 13.1. The number of unbranched alkanes of at least 4 members (excludes halogenated alkanes) is 9. The molecule has 0 N–H and O–H groups in total. The summed E-state index contributed by atoms with van der Waals surface area (Å²) < 4.78 is 5.08. The molecule has 6 heteroatoms. The number of ether oxygens (including phenoxy) is 1. The van der Waals surface area contributed by atoms with Gasteiger partial charge in [-0.3, -0.25) is 0 Å². The molecule has 0 aliphatic rings. The van der Waals surface area contributed by atoms with Gasteiger partial charge in [-0.15, -0.1) is 5.06 Å². The number of nitrogens with zero attached hydrogens (tertiary/aromatic N) is 1. The van der Waals surface area contributed by atoms with Crippen LogP contribution in [0.1, 0.15) is 78.1 Å². The zero-order valence-electron chi connectivity index (χ0n) is 16.6. The highest BCUT2D eigenvalue weighted by Gasteiger charge is 2.17. The predicted octanol–water partition coefficient (Wildman–Crippen LogP) is 7.67. The van der Waals surface area contributed by atoms with Crippen molar-refractivity contribution in [1.82, 2.24) is 5.06 Å². The van der Waals surface area contributed by atoms with Gasteiger partial charge in [-0.25, -0.2) is 4.79 Å². The minimum absolute atomic E-state index is 0.304. The van der Waals surface area contributed by atoms with E-state index in [9.17, 15) is 4.79 Å². The molecule has 0 aliphatic heterocycles. The largest absolute Gasteiger partial charge is 0.448 e. The topological polar surface area (TPSA) is 38.8 Å². The van der Waals surface area contributed by atoms with Gasteiger partial charge >= 0.3 is 6.09 Å². The molecule has 0 heterocycles. The highest BCUT2D eigenvalue weighted by Crippen LogP contribution is 2.27. The normalized spacial score (nSPS) is 10.7. The first kappa shape index (κ1) is 23.9.